The van der Waals surface area contributed by atoms with Crippen LogP contribution >= 0.6 is 22.6 Å². The number of hydrogen-bond acceptors (Lipinski definition) is 0. The fourth-order valence-corrected chi connectivity index (χ4v) is 1.15. The Balaban J connectivity index is 2.00. The lowest BCUT2D eigenvalue weighted by molar-refractivity contribution is 1.69. The van der Waals surface area contributed by atoms with Gasteiger partial charge in [0.05, 0.1) is 0 Å². The molecule has 1 aliphatic heterocycles. The van der Waals surface area contributed by atoms with Crippen LogP contribution in [0.2, 0.25) is 12.6 Å². The molecule has 0 unspecified atom stereocenters. The van der Waals surface area contributed by atoms with E-state index in [4.69, 9.17) is 0 Å². The first-order chi connectivity index (χ1) is 2.43. The maximum absolute atomic E-state index is 2.44. The Hall–Kier alpha value is 0.795. The van der Waals surface area contributed by atoms with Gasteiger partial charge < -0.3 is 0 Å². The van der Waals surface area contributed by atoms with Gasteiger partial charge in [0, 0.05) is 0 Å². The van der Waals surface area contributed by atoms with E-state index in [9.17, 15) is 0 Å². The van der Waals surface area contributed by atoms with Crippen LogP contribution in [0.4, 0.5) is 0 Å². The second kappa shape index (κ2) is 1.50. The van der Waals surface area contributed by atoms with Crippen molar-refractivity contribution in [3.63, 3.8) is 0 Å². The predicted molar refractivity (Wildman–Crippen MR) is 34.3 cm³/mol. The Morgan fingerprint density at radius 1 is 1.60 bits per heavy atom. The van der Waals surface area contributed by atoms with Crippen molar-refractivity contribution >= 4 is 29.3 Å². The van der Waals surface area contributed by atoms with E-state index in [1.54, 1.807) is 0 Å². The highest BCUT2D eigenvalue weighted by atomic mass is 127. The predicted octanol–water partition coefficient (Wildman–Crippen LogP) is 1.47. The van der Waals surface area contributed by atoms with Crippen LogP contribution in [-0.2, 0) is 0 Å². The highest BCUT2D eigenvalue weighted by Gasteiger charge is 2.23. The van der Waals surface area contributed by atoms with Gasteiger partial charge in [0.25, 0.3) is 0 Å². The number of rotatable bonds is 1. The van der Waals surface area contributed by atoms with Gasteiger partial charge >= 0.3 is 0 Å². The minimum atomic E-state index is 1.12. The van der Waals surface area contributed by atoms with E-state index in [0.717, 1.165) is 6.71 Å². The topological polar surface area (TPSA) is 0 Å². The van der Waals surface area contributed by atoms with Gasteiger partial charge in [-0.15, -0.1) is 0 Å². The Kier molecular flexibility index (Phi) is 1.19. The van der Waals surface area contributed by atoms with Gasteiger partial charge in [-0.25, -0.2) is 0 Å². The molecule has 0 amide bonds. The molecule has 0 nitrogen and oxygen atoms in total. The molecule has 0 aromatic heterocycles. The average molecular weight is 180 g/mol. The van der Waals surface area contributed by atoms with E-state index in [1.807, 2.05) is 0 Å². The van der Waals surface area contributed by atoms with Gasteiger partial charge in [-0.3, -0.25) is 0 Å². The third-order valence-corrected chi connectivity index (χ3v) is 2.16. The lowest BCUT2D eigenvalue weighted by Gasteiger charge is -1.65. The van der Waals surface area contributed by atoms with Crippen LogP contribution in [0.15, 0.2) is 0 Å². The molecule has 2 heteroatoms. The van der Waals surface area contributed by atoms with Gasteiger partial charge in [0.2, 0.25) is 0 Å². The zero-order chi connectivity index (χ0) is 3.70. The molecule has 0 aliphatic carbocycles. The molecule has 1 heterocycles. The fourth-order valence-electron chi connectivity index (χ4n) is 0.272. The van der Waals surface area contributed by atoms with Crippen LogP contribution in [0.25, 0.3) is 0 Å². The van der Waals surface area contributed by atoms with E-state index in [1.165, 1.54) is 17.0 Å². The molecule has 0 radical (unpaired) electrons. The summed E-state index contributed by atoms with van der Waals surface area (Å²) in [4.78, 5) is 0. The SMILES string of the molecule is ICB1CC1. The molecule has 28 valence electrons. The minimum absolute atomic E-state index is 1.12. The minimum Gasteiger partial charge on any atom is -0.0952 e. The van der Waals surface area contributed by atoms with Crippen molar-refractivity contribution in [1.29, 1.82) is 0 Å². The van der Waals surface area contributed by atoms with Crippen molar-refractivity contribution < 1.29 is 0 Å². The first kappa shape index (κ1) is 3.97. The number of hydrogen-bond donors (Lipinski definition) is 0. The average Bonchev–Trinajstić information content (AvgIpc) is 2.12. The highest BCUT2D eigenvalue weighted by Crippen LogP contribution is 2.22. The Morgan fingerprint density at radius 3 is 2.20 bits per heavy atom. The van der Waals surface area contributed by atoms with E-state index >= 15 is 0 Å². The molecule has 0 spiro atoms. The fraction of sp³-hybridized carbons (Fsp3) is 1.00. The summed E-state index contributed by atoms with van der Waals surface area (Å²) in [6, 6.07) is 0. The van der Waals surface area contributed by atoms with E-state index in [-0.39, 0.29) is 0 Å². The molecule has 0 aromatic carbocycles. The van der Waals surface area contributed by atoms with Crippen molar-refractivity contribution in [3.8, 4) is 0 Å². The summed E-state index contributed by atoms with van der Waals surface area (Å²) >= 11 is 2.44. The van der Waals surface area contributed by atoms with Gasteiger partial charge in [-0.2, -0.15) is 0 Å². The smallest absolute Gasteiger partial charge is 0.0952 e. The second-order valence-electron chi connectivity index (χ2n) is 1.60. The van der Waals surface area contributed by atoms with E-state index in [2.05, 4.69) is 22.6 Å². The summed E-state index contributed by atoms with van der Waals surface area (Å²) in [5, 5.41) is 0. The van der Waals surface area contributed by atoms with Gasteiger partial charge in [-0.1, -0.05) is 35.2 Å². The first-order valence-corrected chi connectivity index (χ1v) is 3.52. The van der Waals surface area contributed by atoms with Crippen molar-refractivity contribution in [2.75, 3.05) is 4.33 Å². The summed E-state index contributed by atoms with van der Waals surface area (Å²) in [6.07, 6.45) is 3.01. The normalized spacial score (nSPS) is 19.8. The third kappa shape index (κ3) is 1.12. The maximum atomic E-state index is 2.44. The molecule has 1 fully saturated rings. The highest BCUT2D eigenvalue weighted by molar-refractivity contribution is 14.1. The second-order valence-corrected chi connectivity index (χ2v) is 2.48. The summed E-state index contributed by atoms with van der Waals surface area (Å²) in [5.74, 6) is 0. The standard InChI is InChI=1S/C3H6BI/c5-3-4-1-2-4/h1-3H2. The van der Waals surface area contributed by atoms with Crippen molar-refractivity contribution in [1.82, 2.24) is 0 Å². The molecule has 1 rings (SSSR count). The van der Waals surface area contributed by atoms with Crippen LogP contribution in [0.5, 0.6) is 0 Å². The van der Waals surface area contributed by atoms with Crippen LogP contribution in [0.1, 0.15) is 0 Å². The van der Waals surface area contributed by atoms with E-state index < -0.39 is 0 Å². The van der Waals surface area contributed by atoms with Crippen molar-refractivity contribution in [3.05, 3.63) is 0 Å². The van der Waals surface area contributed by atoms with Gasteiger partial charge in [0.15, 0.2) is 0 Å². The molecule has 1 aliphatic rings. The molecule has 0 N–H and O–H groups in total. The molecular formula is C3H6BI. The van der Waals surface area contributed by atoms with Crippen molar-refractivity contribution in [2.45, 2.75) is 12.6 Å². The quantitative estimate of drug-likeness (QED) is 0.325. The summed E-state index contributed by atoms with van der Waals surface area (Å²) in [6.45, 7) is 1.12. The molecule has 0 bridgehead atoms. The lowest BCUT2D eigenvalue weighted by atomic mass is 9.75. The third-order valence-electron chi connectivity index (χ3n) is 0.915. The summed E-state index contributed by atoms with van der Waals surface area (Å²) < 4.78 is 1.39. The first-order valence-electron chi connectivity index (χ1n) is 1.99. The molecule has 0 atom stereocenters. The number of halogens is 1. The Morgan fingerprint density at radius 2 is 2.20 bits per heavy atom. The monoisotopic (exact) mass is 180 g/mol. The van der Waals surface area contributed by atoms with Crippen LogP contribution in [0, 0.1) is 0 Å². The van der Waals surface area contributed by atoms with Crippen molar-refractivity contribution in [2.24, 2.45) is 0 Å². The zero-order valence-corrected chi connectivity index (χ0v) is 5.23. The lowest BCUT2D eigenvalue weighted by Crippen LogP contribution is -1.83. The van der Waals surface area contributed by atoms with E-state index in [0.29, 0.717) is 0 Å². The van der Waals surface area contributed by atoms with Crippen LogP contribution < -0.4 is 0 Å². The largest absolute Gasteiger partial charge is 0.149 e. The Bertz CT molecular complexity index is 33.9. The Labute approximate surface area is 46.5 Å². The molecule has 1 saturated heterocycles. The van der Waals surface area contributed by atoms with Gasteiger partial charge in [-0.05, 0) is 4.33 Å². The maximum Gasteiger partial charge on any atom is 0.149 e. The summed E-state index contributed by atoms with van der Waals surface area (Å²) in [7, 11) is 0. The van der Waals surface area contributed by atoms with Crippen LogP contribution in [0.3, 0.4) is 0 Å². The zero-order valence-electron chi connectivity index (χ0n) is 3.08. The number of alkyl halides is 1. The molecule has 0 saturated carbocycles. The molecular weight excluding hydrogens is 174 g/mol. The molecule has 5 heavy (non-hydrogen) atoms. The summed E-state index contributed by atoms with van der Waals surface area (Å²) in [5.41, 5.74) is 0. The van der Waals surface area contributed by atoms with Crippen LogP contribution in [-0.4, -0.2) is 11.0 Å². The molecule has 0 aromatic rings. The van der Waals surface area contributed by atoms with Gasteiger partial charge in [0.1, 0.15) is 6.71 Å².